The van der Waals surface area contributed by atoms with Gasteiger partial charge < -0.3 is 4.90 Å². The first-order chi connectivity index (χ1) is 16.1. The van der Waals surface area contributed by atoms with Crippen molar-refractivity contribution in [2.45, 2.75) is 39.2 Å². The Morgan fingerprint density at radius 2 is 1.91 bits per heavy atom. The van der Waals surface area contributed by atoms with Gasteiger partial charge in [0, 0.05) is 37.9 Å². The second-order valence-electron chi connectivity index (χ2n) is 9.53. The van der Waals surface area contributed by atoms with Crippen LogP contribution in [0.25, 0.3) is 0 Å². The van der Waals surface area contributed by atoms with E-state index in [1.807, 2.05) is 29.0 Å². The summed E-state index contributed by atoms with van der Waals surface area (Å²) in [7, 11) is 0. The maximum atomic E-state index is 14.5. The average Bonchev–Trinajstić information content (AvgIpc) is 3.28. The van der Waals surface area contributed by atoms with E-state index in [0.717, 1.165) is 74.6 Å². The van der Waals surface area contributed by atoms with E-state index in [4.69, 9.17) is 9.98 Å². The molecule has 3 fully saturated rings. The molecule has 0 radical (unpaired) electrons. The number of hydrogen-bond acceptors (Lipinski definition) is 6. The van der Waals surface area contributed by atoms with Crippen LogP contribution in [0.5, 0.6) is 0 Å². The molecule has 1 aromatic heterocycles. The van der Waals surface area contributed by atoms with Crippen molar-refractivity contribution in [1.82, 2.24) is 20.4 Å². The summed E-state index contributed by atoms with van der Waals surface area (Å²) in [6.07, 6.45) is 4.96. The average molecular weight is 449 g/mol. The van der Waals surface area contributed by atoms with Crippen molar-refractivity contribution in [3.63, 3.8) is 0 Å². The molecule has 1 saturated carbocycles. The highest BCUT2D eigenvalue weighted by Gasteiger charge is 2.44. The summed E-state index contributed by atoms with van der Waals surface area (Å²) in [6, 6.07) is 7.65. The third kappa shape index (κ3) is 3.59. The Morgan fingerprint density at radius 1 is 1.09 bits per heavy atom. The van der Waals surface area contributed by atoms with E-state index in [0.29, 0.717) is 17.4 Å². The number of anilines is 2. The smallest absolute Gasteiger partial charge is 0.227 e. The van der Waals surface area contributed by atoms with Crippen LogP contribution < -0.4 is 15.2 Å². The number of aryl methyl sites for hydroxylation is 2. The number of piperidine rings is 1. The van der Waals surface area contributed by atoms with Crippen molar-refractivity contribution >= 4 is 23.4 Å². The minimum absolute atomic E-state index is 0.213. The second-order valence-corrected chi connectivity index (χ2v) is 9.53. The van der Waals surface area contributed by atoms with Crippen molar-refractivity contribution in [2.75, 3.05) is 36.0 Å². The van der Waals surface area contributed by atoms with Crippen LogP contribution >= 0.6 is 0 Å². The van der Waals surface area contributed by atoms with Gasteiger partial charge in [0.25, 0.3) is 0 Å². The zero-order chi connectivity index (χ0) is 22.5. The number of aromatic nitrogens is 2. The molecule has 2 bridgehead atoms. The minimum Gasteiger partial charge on any atom is -0.356 e. The van der Waals surface area contributed by atoms with Gasteiger partial charge in [-0.1, -0.05) is 6.07 Å². The van der Waals surface area contributed by atoms with Crippen LogP contribution in [0.1, 0.15) is 30.5 Å². The molecule has 0 amide bonds. The Morgan fingerprint density at radius 3 is 2.67 bits per heavy atom. The summed E-state index contributed by atoms with van der Waals surface area (Å²) < 4.78 is 14.5. The molecule has 2 unspecified atom stereocenters. The van der Waals surface area contributed by atoms with E-state index >= 15 is 0 Å². The minimum atomic E-state index is -0.213. The van der Waals surface area contributed by atoms with E-state index in [1.165, 1.54) is 0 Å². The Labute approximate surface area is 193 Å². The summed E-state index contributed by atoms with van der Waals surface area (Å²) >= 11 is 0. The van der Waals surface area contributed by atoms with Crippen molar-refractivity contribution in [1.29, 1.82) is 0 Å². The monoisotopic (exact) mass is 448 g/mol. The molecule has 2 atom stereocenters. The number of rotatable bonds is 3. The van der Waals surface area contributed by atoms with Gasteiger partial charge >= 0.3 is 0 Å². The number of nitrogens with one attached hydrogen (secondary N) is 1. The fourth-order valence-electron chi connectivity index (χ4n) is 5.55. The van der Waals surface area contributed by atoms with Crippen molar-refractivity contribution in [2.24, 2.45) is 21.8 Å². The lowest BCUT2D eigenvalue weighted by Gasteiger charge is -2.37. The number of fused-ring (bicyclic) bond motifs is 3. The molecule has 4 heterocycles. The van der Waals surface area contributed by atoms with Gasteiger partial charge in [0.05, 0.1) is 11.7 Å². The first-order valence-electron chi connectivity index (χ1n) is 11.8. The lowest BCUT2D eigenvalue weighted by Crippen LogP contribution is -2.46. The topological polar surface area (TPSA) is 72.2 Å². The number of nitrogens with zero attached hydrogens (tertiary/aromatic N) is 7. The summed E-state index contributed by atoms with van der Waals surface area (Å²) in [5.74, 6) is 3.29. The zero-order valence-electron chi connectivity index (χ0n) is 19.1. The molecule has 4 aliphatic rings. The third-order valence-electron chi connectivity index (χ3n) is 7.26. The van der Waals surface area contributed by atoms with Crippen LogP contribution in [0, 0.1) is 31.5 Å². The quantitative estimate of drug-likeness (QED) is 0.779. The lowest BCUT2D eigenvalue weighted by atomic mass is 9.92. The van der Waals surface area contributed by atoms with Crippen molar-refractivity contribution in [3.05, 3.63) is 47.7 Å². The highest BCUT2D eigenvalue weighted by atomic mass is 19.1. The second kappa shape index (κ2) is 7.97. The molecule has 2 saturated heterocycles. The zero-order valence-corrected chi connectivity index (χ0v) is 19.1. The number of benzene rings is 1. The maximum absolute atomic E-state index is 14.5. The molecule has 0 spiro atoms. The Hall–Kier alpha value is -3.23. The molecule has 2 aromatic rings. The molecule has 172 valence electrons. The largest absolute Gasteiger partial charge is 0.356 e. The van der Waals surface area contributed by atoms with Gasteiger partial charge in [-0.15, -0.1) is 0 Å². The standard InChI is InChI=1S/C24H29FN8/c1-15-4-7-19(11-20(15)25)33-23(30-32-9-3-8-26-24(32)33)29-22-17-5-6-18(22)13-31(12-17)21-10-16(2)27-14-28-21/h4,7,10-11,14,17-18,22H,3,5-6,8-9,12-13H2,1-2H3,(H,29,30). The Bertz CT molecular complexity index is 1120. The van der Waals surface area contributed by atoms with E-state index in [-0.39, 0.29) is 11.9 Å². The highest BCUT2D eigenvalue weighted by Crippen LogP contribution is 2.40. The summed E-state index contributed by atoms with van der Waals surface area (Å²) in [4.78, 5) is 23.1. The predicted octanol–water partition coefficient (Wildman–Crippen LogP) is 2.89. The molecular formula is C24H29FN8. The summed E-state index contributed by atoms with van der Waals surface area (Å²) in [6.45, 7) is 7.31. The predicted molar refractivity (Wildman–Crippen MR) is 127 cm³/mol. The number of guanidine groups is 2. The van der Waals surface area contributed by atoms with Gasteiger partial charge in [-0.25, -0.2) is 24.3 Å². The molecule has 1 aromatic carbocycles. The molecule has 8 nitrogen and oxygen atoms in total. The van der Waals surface area contributed by atoms with Crippen LogP contribution in [0.4, 0.5) is 15.9 Å². The van der Waals surface area contributed by atoms with E-state index in [2.05, 4.69) is 26.4 Å². The van der Waals surface area contributed by atoms with E-state index in [1.54, 1.807) is 19.3 Å². The fourth-order valence-corrected chi connectivity index (χ4v) is 5.55. The Balaban J connectivity index is 1.31. The maximum Gasteiger partial charge on any atom is 0.227 e. The first kappa shape index (κ1) is 20.4. The van der Waals surface area contributed by atoms with E-state index < -0.39 is 0 Å². The van der Waals surface area contributed by atoms with Crippen LogP contribution in [-0.2, 0) is 0 Å². The van der Waals surface area contributed by atoms with Crippen LogP contribution in [0.3, 0.4) is 0 Å². The molecule has 1 N–H and O–H groups in total. The van der Waals surface area contributed by atoms with E-state index in [9.17, 15) is 4.39 Å². The number of aliphatic imine (C=N–C) groups is 2. The Kier molecular flexibility index (Phi) is 4.92. The first-order valence-corrected chi connectivity index (χ1v) is 11.8. The van der Waals surface area contributed by atoms with Crippen LogP contribution in [0.15, 0.2) is 40.6 Å². The van der Waals surface area contributed by atoms with Crippen LogP contribution in [0.2, 0.25) is 0 Å². The number of halogens is 1. The van der Waals surface area contributed by atoms with Gasteiger partial charge in [0.1, 0.15) is 18.0 Å². The molecule has 3 aliphatic heterocycles. The third-order valence-corrected chi connectivity index (χ3v) is 7.26. The van der Waals surface area contributed by atoms with Crippen molar-refractivity contribution < 1.29 is 4.39 Å². The van der Waals surface area contributed by atoms with Gasteiger partial charge in [0.2, 0.25) is 11.9 Å². The summed E-state index contributed by atoms with van der Waals surface area (Å²) in [5, 5.41) is 2.04. The number of hydrogen-bond donors (Lipinski definition) is 1. The lowest BCUT2D eigenvalue weighted by molar-refractivity contribution is 0.347. The van der Waals surface area contributed by atoms with Gasteiger partial charge in [0.15, 0.2) is 0 Å². The van der Waals surface area contributed by atoms with Gasteiger partial charge in [-0.3, -0.25) is 15.4 Å². The molecule has 1 aliphatic carbocycles. The van der Waals surface area contributed by atoms with Crippen molar-refractivity contribution in [3.8, 4) is 0 Å². The number of hydrazine groups is 1. The summed E-state index contributed by atoms with van der Waals surface area (Å²) in [5.41, 5.74) is 5.85. The van der Waals surface area contributed by atoms with Gasteiger partial charge in [-0.05, 0) is 62.6 Å². The molecule has 33 heavy (non-hydrogen) atoms. The highest BCUT2D eigenvalue weighted by molar-refractivity contribution is 6.21. The van der Waals surface area contributed by atoms with Gasteiger partial charge in [-0.2, -0.15) is 0 Å². The van der Waals surface area contributed by atoms with Crippen LogP contribution in [-0.4, -0.2) is 59.1 Å². The molecular weight excluding hydrogens is 419 g/mol. The fraction of sp³-hybridized carbons (Fsp3) is 0.500. The molecule has 6 rings (SSSR count). The normalized spacial score (nSPS) is 27.6. The molecule has 9 heteroatoms. The SMILES string of the molecule is Cc1cc(N2CC3CCC(C2)C3N=C2NN3CCCN=C3N2c2ccc(C)c(F)c2)ncn1.